The molecule has 3 aromatic rings. The third-order valence-electron chi connectivity index (χ3n) is 4.99. The third-order valence-corrected chi connectivity index (χ3v) is 5.93. The van der Waals surface area contributed by atoms with Gasteiger partial charge in [-0.2, -0.15) is 0 Å². The number of amides is 1. The van der Waals surface area contributed by atoms with Crippen LogP contribution in [-0.2, 0) is 10.2 Å². The maximum atomic E-state index is 12.4. The largest absolute Gasteiger partial charge is 0.496 e. The van der Waals surface area contributed by atoms with Gasteiger partial charge >= 0.3 is 0 Å². The fourth-order valence-electron chi connectivity index (χ4n) is 3.21. The Labute approximate surface area is 187 Å². The molecule has 3 rings (SSSR count). The van der Waals surface area contributed by atoms with Gasteiger partial charge in [0.25, 0.3) is 0 Å². The average Bonchev–Trinajstić information content (AvgIpc) is 3.12. The van der Waals surface area contributed by atoms with Gasteiger partial charge in [-0.05, 0) is 24.0 Å². The normalized spacial score (nSPS) is 12.4. The second kappa shape index (κ2) is 9.43. The first kappa shape index (κ1) is 22.7. The van der Waals surface area contributed by atoms with Crippen LogP contribution in [0.1, 0.15) is 44.9 Å². The van der Waals surface area contributed by atoms with Crippen molar-refractivity contribution in [3.63, 3.8) is 0 Å². The molecule has 0 aliphatic carbocycles. The van der Waals surface area contributed by atoms with Crippen molar-refractivity contribution >= 4 is 17.7 Å². The zero-order valence-electron chi connectivity index (χ0n) is 18.5. The van der Waals surface area contributed by atoms with Crippen molar-refractivity contribution in [2.75, 3.05) is 18.7 Å². The number of rotatable bonds is 7. The van der Waals surface area contributed by atoms with Crippen LogP contribution in [0.5, 0.6) is 5.75 Å². The van der Waals surface area contributed by atoms with E-state index in [0.717, 1.165) is 16.9 Å². The number of nitrogen functional groups attached to an aromatic ring is 1. The first-order valence-electron chi connectivity index (χ1n) is 10.1. The van der Waals surface area contributed by atoms with Gasteiger partial charge in [-0.15, -0.1) is 10.2 Å². The average molecular weight is 440 g/mol. The Morgan fingerprint density at radius 1 is 1.16 bits per heavy atom. The Morgan fingerprint density at radius 3 is 2.48 bits per heavy atom. The maximum absolute atomic E-state index is 12.4. The number of nitrogens with one attached hydrogen (secondary N) is 1. The van der Waals surface area contributed by atoms with Crippen LogP contribution in [0, 0.1) is 0 Å². The summed E-state index contributed by atoms with van der Waals surface area (Å²) in [4.78, 5) is 12.4. The molecule has 1 amide bonds. The van der Waals surface area contributed by atoms with E-state index in [1.807, 2.05) is 43.3 Å². The molecule has 2 aromatic carbocycles. The molecule has 1 atom stereocenters. The first-order chi connectivity index (χ1) is 14.7. The van der Waals surface area contributed by atoms with E-state index in [1.54, 1.807) is 7.11 Å². The Balaban J connectivity index is 1.62. The number of para-hydroxylation sites is 1. The van der Waals surface area contributed by atoms with Crippen LogP contribution in [0.25, 0.3) is 11.4 Å². The van der Waals surface area contributed by atoms with Crippen LogP contribution in [0.2, 0.25) is 0 Å². The molecule has 0 bridgehead atoms. The van der Waals surface area contributed by atoms with E-state index in [9.17, 15) is 4.79 Å². The molecule has 1 heterocycles. The van der Waals surface area contributed by atoms with Crippen molar-refractivity contribution in [1.82, 2.24) is 20.2 Å². The number of aromatic nitrogens is 3. The summed E-state index contributed by atoms with van der Waals surface area (Å²) in [6.07, 6.45) is 0. The molecule has 0 aliphatic rings. The van der Waals surface area contributed by atoms with Crippen molar-refractivity contribution in [1.29, 1.82) is 0 Å². The topological polar surface area (TPSA) is 95.1 Å². The summed E-state index contributed by atoms with van der Waals surface area (Å²) in [5.74, 6) is 7.56. The van der Waals surface area contributed by atoms with Crippen LogP contribution in [0.3, 0.4) is 0 Å². The Hall–Kier alpha value is -3.00. The summed E-state index contributed by atoms with van der Waals surface area (Å²) in [5, 5.41) is 11.8. The molecule has 0 spiro atoms. The number of carbonyl (C=O) groups excluding carboxylic acids is 1. The number of hydrogen-bond acceptors (Lipinski definition) is 6. The van der Waals surface area contributed by atoms with Gasteiger partial charge in [-0.25, -0.2) is 4.68 Å². The molecular formula is C23H29N5O2S. The summed E-state index contributed by atoms with van der Waals surface area (Å²) in [5.41, 5.74) is 3.11. The maximum Gasteiger partial charge on any atom is 0.230 e. The molecule has 7 nitrogen and oxygen atoms in total. The molecule has 0 fully saturated rings. The molecule has 0 saturated heterocycles. The Kier molecular flexibility index (Phi) is 6.90. The number of nitrogens with zero attached hydrogens (tertiary/aromatic N) is 3. The lowest BCUT2D eigenvalue weighted by atomic mass is 9.87. The molecule has 0 aliphatic heterocycles. The second-order valence-electron chi connectivity index (χ2n) is 8.32. The Bertz CT molecular complexity index is 1040. The predicted molar refractivity (Wildman–Crippen MR) is 125 cm³/mol. The number of methoxy groups -OCH3 is 1. The zero-order valence-corrected chi connectivity index (χ0v) is 19.4. The lowest BCUT2D eigenvalue weighted by molar-refractivity contribution is -0.119. The number of nitrogens with two attached hydrogens (primary N) is 1. The van der Waals surface area contributed by atoms with Crippen molar-refractivity contribution in [2.24, 2.45) is 0 Å². The quantitative estimate of drug-likeness (QED) is 0.428. The van der Waals surface area contributed by atoms with Crippen LogP contribution >= 0.6 is 11.8 Å². The van der Waals surface area contributed by atoms with Crippen molar-refractivity contribution in [3.05, 3.63) is 59.7 Å². The van der Waals surface area contributed by atoms with E-state index in [2.05, 4.69) is 48.4 Å². The van der Waals surface area contributed by atoms with E-state index in [1.165, 1.54) is 22.0 Å². The van der Waals surface area contributed by atoms with E-state index in [0.29, 0.717) is 11.0 Å². The standard InChI is InChI=1S/C23H29N5O2S/c1-15(18-8-6-7-9-19(18)30-5)25-20(29)14-31-22-27-26-21(28(22)24)16-10-12-17(13-11-16)23(2,3)4/h6-13,15H,14,24H2,1-5H3,(H,25,29). The van der Waals surface area contributed by atoms with E-state index in [-0.39, 0.29) is 23.1 Å². The highest BCUT2D eigenvalue weighted by Crippen LogP contribution is 2.27. The molecule has 0 saturated carbocycles. The zero-order chi connectivity index (χ0) is 22.6. The number of ether oxygens (including phenoxy) is 1. The van der Waals surface area contributed by atoms with Gasteiger partial charge in [-0.1, -0.05) is 75.0 Å². The highest BCUT2D eigenvalue weighted by Gasteiger charge is 2.18. The van der Waals surface area contributed by atoms with Crippen molar-refractivity contribution < 1.29 is 9.53 Å². The van der Waals surface area contributed by atoms with Crippen LogP contribution in [0.4, 0.5) is 0 Å². The lowest BCUT2D eigenvalue weighted by Gasteiger charge is -2.19. The molecule has 164 valence electrons. The van der Waals surface area contributed by atoms with Gasteiger partial charge in [-0.3, -0.25) is 4.79 Å². The van der Waals surface area contributed by atoms with E-state index in [4.69, 9.17) is 10.6 Å². The highest BCUT2D eigenvalue weighted by atomic mass is 32.2. The van der Waals surface area contributed by atoms with Crippen molar-refractivity contribution in [3.8, 4) is 17.1 Å². The minimum Gasteiger partial charge on any atom is -0.496 e. The van der Waals surface area contributed by atoms with Crippen LogP contribution in [0.15, 0.2) is 53.7 Å². The van der Waals surface area contributed by atoms with Gasteiger partial charge < -0.3 is 15.9 Å². The van der Waals surface area contributed by atoms with Gasteiger partial charge in [0, 0.05) is 11.1 Å². The summed E-state index contributed by atoms with van der Waals surface area (Å²) in [6, 6.07) is 15.6. The highest BCUT2D eigenvalue weighted by molar-refractivity contribution is 7.99. The number of benzene rings is 2. The predicted octanol–water partition coefficient (Wildman–Crippen LogP) is 3.93. The smallest absolute Gasteiger partial charge is 0.230 e. The van der Waals surface area contributed by atoms with Gasteiger partial charge in [0.1, 0.15) is 5.75 Å². The lowest BCUT2D eigenvalue weighted by Crippen LogP contribution is -2.28. The molecule has 1 aromatic heterocycles. The monoisotopic (exact) mass is 439 g/mol. The minimum atomic E-state index is -0.183. The third kappa shape index (κ3) is 5.38. The summed E-state index contributed by atoms with van der Waals surface area (Å²) in [7, 11) is 1.62. The summed E-state index contributed by atoms with van der Waals surface area (Å²) < 4.78 is 6.79. The number of hydrogen-bond donors (Lipinski definition) is 2. The van der Waals surface area contributed by atoms with Crippen LogP contribution in [-0.4, -0.2) is 33.6 Å². The number of carbonyl (C=O) groups is 1. The molecule has 1 unspecified atom stereocenters. The molecule has 31 heavy (non-hydrogen) atoms. The van der Waals surface area contributed by atoms with E-state index < -0.39 is 0 Å². The summed E-state index contributed by atoms with van der Waals surface area (Å²) in [6.45, 7) is 8.43. The van der Waals surface area contributed by atoms with Gasteiger partial charge in [0.05, 0.1) is 18.9 Å². The molecule has 8 heteroatoms. The first-order valence-corrected chi connectivity index (χ1v) is 11.1. The van der Waals surface area contributed by atoms with Crippen molar-refractivity contribution in [2.45, 2.75) is 44.3 Å². The minimum absolute atomic E-state index is 0.0736. The second-order valence-corrected chi connectivity index (χ2v) is 9.27. The Morgan fingerprint density at radius 2 is 1.84 bits per heavy atom. The SMILES string of the molecule is COc1ccccc1C(C)NC(=O)CSc1nnc(-c2ccc(C(C)(C)C)cc2)n1N. The summed E-state index contributed by atoms with van der Waals surface area (Å²) >= 11 is 1.25. The molecule has 0 radical (unpaired) electrons. The van der Waals surface area contributed by atoms with Gasteiger partial charge in [0.15, 0.2) is 5.82 Å². The molecular weight excluding hydrogens is 410 g/mol. The van der Waals surface area contributed by atoms with E-state index >= 15 is 0 Å². The fraction of sp³-hybridized carbons (Fsp3) is 0.348. The van der Waals surface area contributed by atoms with Gasteiger partial charge in [0.2, 0.25) is 11.1 Å². The number of thioether (sulfide) groups is 1. The molecule has 3 N–H and O–H groups in total. The van der Waals surface area contributed by atoms with Crippen LogP contribution < -0.4 is 15.9 Å². The fourth-order valence-corrected chi connectivity index (χ4v) is 3.87.